The quantitative estimate of drug-likeness (QED) is 0.653. The molecule has 0 radical (unpaired) electrons. The second-order valence-corrected chi connectivity index (χ2v) is 5.72. The van der Waals surface area contributed by atoms with E-state index >= 15 is 0 Å². The van der Waals surface area contributed by atoms with E-state index in [1.807, 2.05) is 0 Å². The molecule has 0 aliphatic rings. The summed E-state index contributed by atoms with van der Waals surface area (Å²) < 4.78 is 0. The molecule has 0 bridgehead atoms. The summed E-state index contributed by atoms with van der Waals surface area (Å²) in [4.78, 5) is 9.00. The van der Waals surface area contributed by atoms with Crippen molar-refractivity contribution in [1.82, 2.24) is 0 Å². The van der Waals surface area contributed by atoms with Crippen LogP contribution in [0, 0.1) is 0 Å². The van der Waals surface area contributed by atoms with Crippen molar-refractivity contribution < 1.29 is 9.90 Å². The molecule has 1 N–H and O–H groups in total. The number of aryl methyl sites for hydroxylation is 1. The maximum Gasteiger partial charge on any atom is 0.300 e. The molecule has 2 aromatic carbocycles. The van der Waals surface area contributed by atoms with Crippen molar-refractivity contribution in [3.8, 4) is 0 Å². The van der Waals surface area contributed by atoms with E-state index < -0.39 is 5.97 Å². The SMILES string of the molecule is CC(=O)O.CCCCCCCCc1ccc2ccccc2c1. The Kier molecular flexibility index (Phi) is 8.97. The fourth-order valence-corrected chi connectivity index (χ4v) is 2.50. The second-order valence-electron chi connectivity index (χ2n) is 5.72. The number of benzene rings is 2. The van der Waals surface area contributed by atoms with E-state index in [0.29, 0.717) is 0 Å². The van der Waals surface area contributed by atoms with E-state index in [0.717, 1.165) is 6.92 Å². The predicted octanol–water partition coefficient (Wildman–Crippen LogP) is 5.83. The van der Waals surface area contributed by atoms with Gasteiger partial charge in [-0.1, -0.05) is 81.5 Å². The maximum absolute atomic E-state index is 9.00. The van der Waals surface area contributed by atoms with Crippen molar-refractivity contribution in [3.05, 3.63) is 48.0 Å². The number of carbonyl (C=O) groups is 1. The van der Waals surface area contributed by atoms with Gasteiger partial charge in [0.1, 0.15) is 0 Å². The Labute approximate surface area is 134 Å². The highest BCUT2D eigenvalue weighted by molar-refractivity contribution is 5.82. The molecule has 0 amide bonds. The lowest BCUT2D eigenvalue weighted by Gasteiger charge is -2.04. The fraction of sp³-hybridized carbons (Fsp3) is 0.450. The molecular formula is C20H28O2. The average molecular weight is 300 g/mol. The Balaban J connectivity index is 0.000000541. The van der Waals surface area contributed by atoms with Crippen molar-refractivity contribution in [1.29, 1.82) is 0 Å². The molecule has 2 nitrogen and oxygen atoms in total. The van der Waals surface area contributed by atoms with Gasteiger partial charge in [0, 0.05) is 6.92 Å². The number of carboxylic acid groups (broad SMARTS) is 1. The normalized spacial score (nSPS) is 10.1. The van der Waals surface area contributed by atoms with Crippen LogP contribution in [-0.4, -0.2) is 11.1 Å². The van der Waals surface area contributed by atoms with Crippen molar-refractivity contribution in [2.45, 2.75) is 58.8 Å². The van der Waals surface area contributed by atoms with Gasteiger partial charge >= 0.3 is 0 Å². The molecule has 0 atom stereocenters. The van der Waals surface area contributed by atoms with Crippen molar-refractivity contribution >= 4 is 16.7 Å². The zero-order valence-electron chi connectivity index (χ0n) is 13.8. The summed E-state index contributed by atoms with van der Waals surface area (Å²) in [5, 5.41) is 10.1. The van der Waals surface area contributed by atoms with Crippen LogP contribution < -0.4 is 0 Å². The summed E-state index contributed by atoms with van der Waals surface area (Å²) in [6, 6.07) is 15.5. The van der Waals surface area contributed by atoms with E-state index in [2.05, 4.69) is 49.4 Å². The summed E-state index contributed by atoms with van der Waals surface area (Å²) in [5.74, 6) is -0.833. The van der Waals surface area contributed by atoms with E-state index in [1.165, 1.54) is 61.3 Å². The molecule has 0 saturated carbocycles. The van der Waals surface area contributed by atoms with Gasteiger partial charge in [-0.05, 0) is 29.2 Å². The van der Waals surface area contributed by atoms with Gasteiger partial charge in [-0.2, -0.15) is 0 Å². The lowest BCUT2D eigenvalue weighted by Crippen LogP contribution is -1.86. The highest BCUT2D eigenvalue weighted by Crippen LogP contribution is 2.17. The van der Waals surface area contributed by atoms with Crippen molar-refractivity contribution in [2.75, 3.05) is 0 Å². The highest BCUT2D eigenvalue weighted by atomic mass is 16.4. The van der Waals surface area contributed by atoms with Gasteiger partial charge in [-0.25, -0.2) is 0 Å². The first-order valence-corrected chi connectivity index (χ1v) is 8.30. The van der Waals surface area contributed by atoms with Gasteiger partial charge in [0.05, 0.1) is 0 Å². The summed E-state index contributed by atoms with van der Waals surface area (Å²) in [5.41, 5.74) is 1.49. The molecule has 0 spiro atoms. The molecule has 0 heterocycles. The largest absolute Gasteiger partial charge is 0.481 e. The number of hydrogen-bond acceptors (Lipinski definition) is 1. The topological polar surface area (TPSA) is 37.3 Å². The van der Waals surface area contributed by atoms with Crippen LogP contribution in [-0.2, 0) is 11.2 Å². The molecule has 0 fully saturated rings. The molecular weight excluding hydrogens is 272 g/mol. The van der Waals surface area contributed by atoms with Crippen LogP contribution >= 0.6 is 0 Å². The van der Waals surface area contributed by atoms with Crippen LogP contribution in [0.1, 0.15) is 57.9 Å². The van der Waals surface area contributed by atoms with Crippen LogP contribution in [0.3, 0.4) is 0 Å². The fourth-order valence-electron chi connectivity index (χ4n) is 2.50. The minimum absolute atomic E-state index is 0.833. The molecule has 2 heteroatoms. The van der Waals surface area contributed by atoms with E-state index in [9.17, 15) is 0 Å². The van der Waals surface area contributed by atoms with Gasteiger partial charge in [0.15, 0.2) is 0 Å². The number of rotatable bonds is 7. The van der Waals surface area contributed by atoms with Crippen molar-refractivity contribution in [2.24, 2.45) is 0 Å². The van der Waals surface area contributed by atoms with Gasteiger partial charge in [0.2, 0.25) is 0 Å². The van der Waals surface area contributed by atoms with E-state index in [4.69, 9.17) is 9.90 Å². The molecule has 0 unspecified atom stereocenters. The van der Waals surface area contributed by atoms with Gasteiger partial charge in [0.25, 0.3) is 5.97 Å². The first-order chi connectivity index (χ1) is 10.6. The molecule has 22 heavy (non-hydrogen) atoms. The molecule has 2 aromatic rings. The first-order valence-electron chi connectivity index (χ1n) is 8.30. The Morgan fingerprint density at radius 2 is 1.50 bits per heavy atom. The van der Waals surface area contributed by atoms with Gasteiger partial charge in [-0.15, -0.1) is 0 Å². The minimum Gasteiger partial charge on any atom is -0.481 e. The summed E-state index contributed by atoms with van der Waals surface area (Å²) in [6.45, 7) is 3.36. The van der Waals surface area contributed by atoms with Crippen LogP contribution in [0.15, 0.2) is 42.5 Å². The zero-order valence-corrected chi connectivity index (χ0v) is 13.8. The Morgan fingerprint density at radius 1 is 0.909 bits per heavy atom. The standard InChI is InChI=1S/C18H24.C2H4O2/c1-2-3-4-5-6-7-10-16-13-14-17-11-8-9-12-18(17)15-16;1-2(3)4/h8-9,11-15H,2-7,10H2,1H3;1H3,(H,3,4). The lowest BCUT2D eigenvalue weighted by molar-refractivity contribution is -0.134. The smallest absolute Gasteiger partial charge is 0.300 e. The number of carboxylic acids is 1. The molecule has 2 rings (SSSR count). The number of unbranched alkanes of at least 4 members (excludes halogenated alkanes) is 5. The summed E-state index contributed by atoms with van der Waals surface area (Å²) >= 11 is 0. The Hall–Kier alpha value is -1.83. The lowest BCUT2D eigenvalue weighted by atomic mass is 10.0. The minimum atomic E-state index is -0.833. The van der Waals surface area contributed by atoms with Crippen LogP contribution in [0.2, 0.25) is 0 Å². The molecule has 0 saturated heterocycles. The van der Waals surface area contributed by atoms with Gasteiger partial charge in [-0.3, -0.25) is 4.79 Å². The van der Waals surface area contributed by atoms with Crippen LogP contribution in [0.5, 0.6) is 0 Å². The molecule has 0 aliphatic carbocycles. The average Bonchev–Trinajstić information content (AvgIpc) is 2.50. The number of fused-ring (bicyclic) bond motifs is 1. The Bertz CT molecular complexity index is 556. The third-order valence-electron chi connectivity index (χ3n) is 3.63. The van der Waals surface area contributed by atoms with E-state index in [1.54, 1.807) is 0 Å². The summed E-state index contributed by atoms with van der Waals surface area (Å²) in [6.07, 6.45) is 9.50. The van der Waals surface area contributed by atoms with Gasteiger partial charge < -0.3 is 5.11 Å². The monoisotopic (exact) mass is 300 g/mol. The van der Waals surface area contributed by atoms with E-state index in [-0.39, 0.29) is 0 Å². The third kappa shape index (κ3) is 7.82. The van der Waals surface area contributed by atoms with Crippen LogP contribution in [0.25, 0.3) is 10.8 Å². The van der Waals surface area contributed by atoms with Crippen molar-refractivity contribution in [3.63, 3.8) is 0 Å². The second kappa shape index (κ2) is 10.8. The highest BCUT2D eigenvalue weighted by Gasteiger charge is 1.96. The number of hydrogen-bond donors (Lipinski definition) is 1. The molecule has 0 aromatic heterocycles. The first kappa shape index (κ1) is 18.2. The molecule has 0 aliphatic heterocycles. The summed E-state index contributed by atoms with van der Waals surface area (Å²) in [7, 11) is 0. The number of aliphatic carboxylic acids is 1. The third-order valence-corrected chi connectivity index (χ3v) is 3.63. The maximum atomic E-state index is 9.00. The van der Waals surface area contributed by atoms with Crippen LogP contribution in [0.4, 0.5) is 0 Å². The molecule has 120 valence electrons. The Morgan fingerprint density at radius 3 is 2.18 bits per heavy atom. The predicted molar refractivity (Wildman–Crippen MR) is 94.3 cm³/mol. The zero-order chi connectivity index (χ0) is 16.2.